The van der Waals surface area contributed by atoms with Crippen molar-refractivity contribution in [2.45, 2.75) is 19.1 Å². The minimum absolute atomic E-state index is 0.0564. The van der Waals surface area contributed by atoms with E-state index in [-0.39, 0.29) is 18.2 Å². The van der Waals surface area contributed by atoms with Gasteiger partial charge in [-0.1, -0.05) is 6.07 Å². The van der Waals surface area contributed by atoms with Crippen molar-refractivity contribution >= 4 is 17.3 Å². The van der Waals surface area contributed by atoms with Gasteiger partial charge in [0.25, 0.3) is 0 Å². The molecule has 1 aliphatic heterocycles. The van der Waals surface area contributed by atoms with Crippen LogP contribution in [0.15, 0.2) is 17.5 Å². The van der Waals surface area contributed by atoms with Crippen molar-refractivity contribution in [2.75, 3.05) is 6.61 Å². The highest BCUT2D eigenvalue weighted by Crippen LogP contribution is 2.41. The summed E-state index contributed by atoms with van der Waals surface area (Å²) in [7, 11) is 0. The highest BCUT2D eigenvalue weighted by molar-refractivity contribution is 7.10. The molecule has 0 bridgehead atoms. The zero-order valence-corrected chi connectivity index (χ0v) is 8.04. The highest BCUT2D eigenvalue weighted by Gasteiger charge is 2.47. The standard InChI is InChI=1S/C9H10O3S/c1-2-11-9(10)8-7(12-8)6-4-3-5-13-6/h3-5,7-8H,2H2,1H3/t7-,8?/m1/s1. The van der Waals surface area contributed by atoms with Gasteiger partial charge >= 0.3 is 5.97 Å². The Hall–Kier alpha value is -0.870. The molecule has 0 amide bonds. The number of hydrogen-bond acceptors (Lipinski definition) is 4. The lowest BCUT2D eigenvalue weighted by atomic mass is 10.3. The fourth-order valence-electron chi connectivity index (χ4n) is 1.19. The van der Waals surface area contributed by atoms with Crippen LogP contribution < -0.4 is 0 Å². The van der Waals surface area contributed by atoms with Gasteiger partial charge in [-0.05, 0) is 18.4 Å². The molecule has 1 aliphatic rings. The summed E-state index contributed by atoms with van der Waals surface area (Å²) in [5.74, 6) is -0.249. The zero-order valence-electron chi connectivity index (χ0n) is 7.23. The van der Waals surface area contributed by atoms with Crippen LogP contribution in [0.4, 0.5) is 0 Å². The van der Waals surface area contributed by atoms with Crippen molar-refractivity contribution in [3.8, 4) is 0 Å². The lowest BCUT2D eigenvalue weighted by molar-refractivity contribution is -0.144. The summed E-state index contributed by atoms with van der Waals surface area (Å²) < 4.78 is 10.0. The molecule has 0 saturated carbocycles. The number of epoxide rings is 1. The first-order valence-corrected chi connectivity index (χ1v) is 5.06. The van der Waals surface area contributed by atoms with Crippen LogP contribution in [0.5, 0.6) is 0 Å². The molecule has 0 aromatic carbocycles. The van der Waals surface area contributed by atoms with Gasteiger partial charge in [-0.15, -0.1) is 11.3 Å². The Morgan fingerprint density at radius 1 is 1.77 bits per heavy atom. The van der Waals surface area contributed by atoms with E-state index in [1.165, 1.54) is 0 Å². The number of thiophene rings is 1. The molecule has 2 rings (SSSR count). The molecule has 13 heavy (non-hydrogen) atoms. The second kappa shape index (κ2) is 3.47. The fraction of sp³-hybridized carbons (Fsp3) is 0.444. The van der Waals surface area contributed by atoms with E-state index in [1.54, 1.807) is 18.3 Å². The molecule has 1 fully saturated rings. The summed E-state index contributed by atoms with van der Waals surface area (Å²) in [5, 5.41) is 1.97. The van der Waals surface area contributed by atoms with Crippen molar-refractivity contribution in [2.24, 2.45) is 0 Å². The molecule has 2 heterocycles. The van der Waals surface area contributed by atoms with Crippen LogP contribution in [0.1, 0.15) is 17.9 Å². The normalized spacial score (nSPS) is 25.6. The molecule has 1 saturated heterocycles. The molecule has 1 aromatic heterocycles. The molecule has 70 valence electrons. The number of carbonyl (C=O) groups excluding carboxylic acids is 1. The topological polar surface area (TPSA) is 38.8 Å². The number of hydrogen-bond donors (Lipinski definition) is 0. The minimum Gasteiger partial charge on any atom is -0.464 e. The van der Waals surface area contributed by atoms with Crippen molar-refractivity contribution in [3.05, 3.63) is 22.4 Å². The SMILES string of the molecule is CCOC(=O)C1O[C@@H]1c1cccs1. The Labute approximate surface area is 80.3 Å². The summed E-state index contributed by atoms with van der Waals surface area (Å²) in [5.41, 5.74) is 0. The minimum atomic E-state index is -0.362. The third-order valence-electron chi connectivity index (χ3n) is 1.83. The summed E-state index contributed by atoms with van der Waals surface area (Å²) in [6.45, 7) is 2.20. The predicted octanol–water partition coefficient (Wildman–Crippen LogP) is 1.75. The first kappa shape index (κ1) is 8.72. The Kier molecular flexibility index (Phi) is 2.33. The molecule has 0 radical (unpaired) electrons. The van der Waals surface area contributed by atoms with Gasteiger partial charge in [-0.3, -0.25) is 0 Å². The first-order valence-electron chi connectivity index (χ1n) is 4.18. The number of ether oxygens (including phenoxy) is 2. The van der Waals surface area contributed by atoms with Gasteiger partial charge in [-0.25, -0.2) is 4.79 Å². The fourth-order valence-corrected chi connectivity index (χ4v) is 1.97. The summed E-state index contributed by atoms with van der Waals surface area (Å²) in [6.07, 6.45) is -0.419. The zero-order chi connectivity index (χ0) is 9.26. The molecule has 0 aliphatic carbocycles. The monoisotopic (exact) mass is 198 g/mol. The van der Waals surface area contributed by atoms with E-state index >= 15 is 0 Å². The number of rotatable bonds is 3. The Bertz CT molecular complexity index is 294. The molecule has 1 unspecified atom stereocenters. The molecule has 1 aromatic rings. The van der Waals surface area contributed by atoms with Gasteiger partial charge in [0.05, 0.1) is 6.61 Å². The smallest absolute Gasteiger partial charge is 0.338 e. The molecule has 0 spiro atoms. The summed E-state index contributed by atoms with van der Waals surface area (Å²) in [6, 6.07) is 3.92. The average molecular weight is 198 g/mol. The van der Waals surface area contributed by atoms with Crippen molar-refractivity contribution in [3.63, 3.8) is 0 Å². The molecule has 4 heteroatoms. The Morgan fingerprint density at radius 2 is 2.62 bits per heavy atom. The van der Waals surface area contributed by atoms with E-state index in [1.807, 2.05) is 17.5 Å². The van der Waals surface area contributed by atoms with E-state index in [4.69, 9.17) is 9.47 Å². The maximum Gasteiger partial charge on any atom is 0.338 e. The van der Waals surface area contributed by atoms with Crippen LogP contribution >= 0.6 is 11.3 Å². The highest BCUT2D eigenvalue weighted by atomic mass is 32.1. The van der Waals surface area contributed by atoms with E-state index in [2.05, 4.69) is 0 Å². The van der Waals surface area contributed by atoms with Gasteiger partial charge in [0.1, 0.15) is 6.10 Å². The molecule has 3 nitrogen and oxygen atoms in total. The lowest BCUT2D eigenvalue weighted by Crippen LogP contribution is -2.11. The largest absolute Gasteiger partial charge is 0.464 e. The third kappa shape index (κ3) is 1.73. The molecule has 0 N–H and O–H groups in total. The molecular formula is C9H10O3S. The Morgan fingerprint density at radius 3 is 3.23 bits per heavy atom. The van der Waals surface area contributed by atoms with Gasteiger partial charge in [0.2, 0.25) is 0 Å². The average Bonchev–Trinajstić information content (AvgIpc) is 2.74. The second-order valence-corrected chi connectivity index (χ2v) is 3.72. The first-order chi connectivity index (χ1) is 6.33. The van der Waals surface area contributed by atoms with Crippen LogP contribution in [-0.4, -0.2) is 18.7 Å². The van der Waals surface area contributed by atoms with E-state index < -0.39 is 0 Å². The number of esters is 1. The van der Waals surface area contributed by atoms with Crippen LogP contribution in [0, 0.1) is 0 Å². The van der Waals surface area contributed by atoms with Gasteiger partial charge in [0.15, 0.2) is 6.10 Å². The van der Waals surface area contributed by atoms with E-state index in [9.17, 15) is 4.79 Å². The lowest BCUT2D eigenvalue weighted by Gasteiger charge is -1.95. The van der Waals surface area contributed by atoms with Crippen molar-refractivity contribution in [1.29, 1.82) is 0 Å². The maximum absolute atomic E-state index is 11.2. The molecular weight excluding hydrogens is 188 g/mol. The van der Waals surface area contributed by atoms with Crippen molar-refractivity contribution < 1.29 is 14.3 Å². The number of carbonyl (C=O) groups is 1. The van der Waals surface area contributed by atoms with Crippen LogP contribution in [0.25, 0.3) is 0 Å². The van der Waals surface area contributed by atoms with Crippen LogP contribution in [0.2, 0.25) is 0 Å². The predicted molar refractivity (Wildman–Crippen MR) is 48.6 cm³/mol. The van der Waals surface area contributed by atoms with Gasteiger partial charge < -0.3 is 9.47 Å². The second-order valence-electron chi connectivity index (χ2n) is 2.74. The Balaban J connectivity index is 1.92. The van der Waals surface area contributed by atoms with Gasteiger partial charge in [-0.2, -0.15) is 0 Å². The summed E-state index contributed by atoms with van der Waals surface area (Å²) >= 11 is 1.60. The van der Waals surface area contributed by atoms with Gasteiger partial charge in [0, 0.05) is 4.88 Å². The maximum atomic E-state index is 11.2. The third-order valence-corrected chi connectivity index (χ3v) is 2.77. The summed E-state index contributed by atoms with van der Waals surface area (Å²) in [4.78, 5) is 12.3. The van der Waals surface area contributed by atoms with Crippen LogP contribution in [0.3, 0.4) is 0 Å². The quantitative estimate of drug-likeness (QED) is 0.548. The van der Waals surface area contributed by atoms with Crippen molar-refractivity contribution in [1.82, 2.24) is 0 Å². The van der Waals surface area contributed by atoms with E-state index in [0.717, 1.165) is 4.88 Å². The van der Waals surface area contributed by atoms with Crippen LogP contribution in [-0.2, 0) is 14.3 Å². The van der Waals surface area contributed by atoms with E-state index in [0.29, 0.717) is 6.61 Å². The molecule has 2 atom stereocenters.